The molecule has 5 heteroatoms. The van der Waals surface area contributed by atoms with E-state index >= 15 is 0 Å². The Labute approximate surface area is 115 Å². The molecule has 0 amide bonds. The molecule has 100 valence electrons. The van der Waals surface area contributed by atoms with Gasteiger partial charge in [0, 0.05) is 11.8 Å². The van der Waals surface area contributed by atoms with Gasteiger partial charge in [0.15, 0.2) is 0 Å². The Morgan fingerprint density at radius 1 is 1.37 bits per heavy atom. The lowest BCUT2D eigenvalue weighted by Crippen LogP contribution is -1.98. The van der Waals surface area contributed by atoms with Crippen molar-refractivity contribution in [3.63, 3.8) is 0 Å². The predicted octanol–water partition coefficient (Wildman–Crippen LogP) is 3.51. The molecule has 0 radical (unpaired) electrons. The van der Waals surface area contributed by atoms with Crippen LogP contribution in [-0.4, -0.2) is 10.1 Å². The van der Waals surface area contributed by atoms with E-state index in [2.05, 4.69) is 4.98 Å². The fourth-order valence-corrected chi connectivity index (χ4v) is 1.83. The maximum absolute atomic E-state index is 12.9. The number of halogens is 2. The third-order valence-corrected chi connectivity index (χ3v) is 2.89. The molecule has 1 heterocycles. The Kier molecular flexibility index (Phi) is 4.35. The van der Waals surface area contributed by atoms with Crippen molar-refractivity contribution in [2.24, 2.45) is 0 Å². The molecule has 1 N–H and O–H groups in total. The molecule has 0 aliphatic rings. The molecule has 0 saturated carbocycles. The van der Waals surface area contributed by atoms with Crippen LogP contribution < -0.4 is 4.74 Å². The fourth-order valence-electron chi connectivity index (χ4n) is 1.59. The van der Waals surface area contributed by atoms with Crippen molar-refractivity contribution in [1.82, 2.24) is 4.98 Å². The summed E-state index contributed by atoms with van der Waals surface area (Å²) in [4.78, 5) is 3.74. The van der Waals surface area contributed by atoms with E-state index in [1.54, 1.807) is 25.1 Å². The minimum Gasteiger partial charge on any atom is -0.487 e. The van der Waals surface area contributed by atoms with Crippen LogP contribution in [-0.2, 0) is 6.61 Å². The van der Waals surface area contributed by atoms with Crippen molar-refractivity contribution in [3.05, 3.63) is 58.6 Å². The first kappa shape index (κ1) is 13.8. The lowest BCUT2D eigenvalue weighted by Gasteiger charge is -2.10. The smallest absolute Gasteiger partial charge is 0.141 e. The molecular formula is C14H13ClFNO2. The summed E-state index contributed by atoms with van der Waals surface area (Å²) < 4.78 is 18.4. The number of ether oxygens (including phenoxy) is 1. The van der Waals surface area contributed by atoms with Crippen molar-refractivity contribution in [3.8, 4) is 5.75 Å². The van der Waals surface area contributed by atoms with E-state index in [0.717, 1.165) is 6.20 Å². The zero-order valence-corrected chi connectivity index (χ0v) is 11.1. The molecule has 0 aliphatic heterocycles. The molecule has 19 heavy (non-hydrogen) atoms. The van der Waals surface area contributed by atoms with E-state index in [0.29, 0.717) is 21.9 Å². The number of aliphatic hydroxyl groups excluding tert-OH is 1. The van der Waals surface area contributed by atoms with E-state index in [4.69, 9.17) is 16.3 Å². The Morgan fingerprint density at radius 2 is 2.16 bits per heavy atom. The Balaban J connectivity index is 2.07. The molecule has 0 bridgehead atoms. The van der Waals surface area contributed by atoms with Crippen LogP contribution in [0.25, 0.3) is 0 Å². The fraction of sp³-hybridized carbons (Fsp3) is 0.214. The van der Waals surface area contributed by atoms with Crippen LogP contribution in [0.5, 0.6) is 5.75 Å². The van der Waals surface area contributed by atoms with Gasteiger partial charge in [-0.2, -0.15) is 0 Å². The van der Waals surface area contributed by atoms with Crippen LogP contribution in [0.2, 0.25) is 5.02 Å². The van der Waals surface area contributed by atoms with Gasteiger partial charge in [-0.15, -0.1) is 0 Å². The largest absolute Gasteiger partial charge is 0.487 e. The van der Waals surface area contributed by atoms with Crippen LogP contribution >= 0.6 is 11.6 Å². The number of hydrogen-bond donors (Lipinski definition) is 1. The zero-order valence-electron chi connectivity index (χ0n) is 10.3. The second-order valence-electron chi connectivity index (χ2n) is 4.17. The molecule has 0 saturated heterocycles. The summed E-state index contributed by atoms with van der Waals surface area (Å²) in [5.41, 5.74) is 1.33. The summed E-state index contributed by atoms with van der Waals surface area (Å²) in [6.07, 6.45) is 2.08. The van der Waals surface area contributed by atoms with Gasteiger partial charge in [-0.1, -0.05) is 17.7 Å². The average Bonchev–Trinajstić information content (AvgIpc) is 2.37. The van der Waals surface area contributed by atoms with Crippen molar-refractivity contribution >= 4 is 11.6 Å². The number of rotatable bonds is 4. The van der Waals surface area contributed by atoms with E-state index in [-0.39, 0.29) is 6.61 Å². The van der Waals surface area contributed by atoms with Crippen molar-refractivity contribution in [2.75, 3.05) is 0 Å². The van der Waals surface area contributed by atoms with Gasteiger partial charge in [0.05, 0.1) is 17.3 Å². The minimum absolute atomic E-state index is 0.179. The molecule has 2 aromatic rings. The molecule has 2 rings (SSSR count). The number of aromatic nitrogens is 1. The summed E-state index contributed by atoms with van der Waals surface area (Å²) in [5.74, 6) is 0.0759. The SMILES string of the molecule is C[C@H](O)c1ccc(OCc2cncc(F)c2)c(Cl)c1. The number of pyridine rings is 1. The third kappa shape index (κ3) is 3.66. The van der Waals surface area contributed by atoms with Gasteiger partial charge >= 0.3 is 0 Å². The minimum atomic E-state index is -0.584. The number of benzene rings is 1. The van der Waals surface area contributed by atoms with Gasteiger partial charge in [0.1, 0.15) is 18.2 Å². The molecule has 1 atom stereocenters. The standard InChI is InChI=1S/C14H13ClFNO2/c1-9(18)11-2-3-14(13(15)5-11)19-8-10-4-12(16)7-17-6-10/h2-7,9,18H,8H2,1H3/t9-/m0/s1. The highest BCUT2D eigenvalue weighted by Crippen LogP contribution is 2.28. The van der Waals surface area contributed by atoms with Crippen molar-refractivity contribution in [1.29, 1.82) is 0 Å². The first-order valence-electron chi connectivity index (χ1n) is 5.76. The van der Waals surface area contributed by atoms with Gasteiger partial charge in [-0.3, -0.25) is 4.98 Å². The second-order valence-corrected chi connectivity index (χ2v) is 4.57. The molecule has 3 nitrogen and oxygen atoms in total. The molecule has 0 spiro atoms. The molecular weight excluding hydrogens is 269 g/mol. The molecule has 0 aliphatic carbocycles. The van der Waals surface area contributed by atoms with Crippen LogP contribution in [0, 0.1) is 5.82 Å². The molecule has 0 fully saturated rings. The van der Waals surface area contributed by atoms with Gasteiger partial charge in [0.2, 0.25) is 0 Å². The van der Waals surface area contributed by atoms with Gasteiger partial charge in [-0.25, -0.2) is 4.39 Å². The number of nitrogens with zero attached hydrogens (tertiary/aromatic N) is 1. The molecule has 1 aromatic carbocycles. The highest BCUT2D eigenvalue weighted by molar-refractivity contribution is 6.32. The van der Waals surface area contributed by atoms with Crippen LogP contribution in [0.1, 0.15) is 24.2 Å². The highest BCUT2D eigenvalue weighted by atomic mass is 35.5. The first-order valence-corrected chi connectivity index (χ1v) is 6.14. The Bertz CT molecular complexity index is 575. The topological polar surface area (TPSA) is 42.4 Å². The quantitative estimate of drug-likeness (QED) is 0.932. The summed E-state index contributed by atoms with van der Waals surface area (Å²) in [6.45, 7) is 1.84. The lowest BCUT2D eigenvalue weighted by molar-refractivity contribution is 0.199. The van der Waals surface area contributed by atoms with Crippen molar-refractivity contribution < 1.29 is 14.2 Å². The predicted molar refractivity (Wildman–Crippen MR) is 70.6 cm³/mol. The summed E-state index contributed by atoms with van der Waals surface area (Å²) in [5, 5.41) is 9.83. The van der Waals surface area contributed by atoms with Gasteiger partial charge in [-0.05, 0) is 30.7 Å². The summed E-state index contributed by atoms with van der Waals surface area (Å²) in [6, 6.07) is 6.41. The highest BCUT2D eigenvalue weighted by Gasteiger charge is 2.07. The van der Waals surface area contributed by atoms with E-state index in [9.17, 15) is 9.50 Å². The molecule has 0 unspecified atom stereocenters. The monoisotopic (exact) mass is 281 g/mol. The van der Waals surface area contributed by atoms with Crippen LogP contribution in [0.15, 0.2) is 36.7 Å². The van der Waals surface area contributed by atoms with Crippen molar-refractivity contribution in [2.45, 2.75) is 19.6 Å². The normalized spacial score (nSPS) is 12.2. The van der Waals surface area contributed by atoms with Crippen LogP contribution in [0.3, 0.4) is 0 Å². The maximum Gasteiger partial charge on any atom is 0.141 e. The second kappa shape index (κ2) is 5.99. The van der Waals surface area contributed by atoms with E-state index < -0.39 is 11.9 Å². The summed E-state index contributed by atoms with van der Waals surface area (Å²) in [7, 11) is 0. The average molecular weight is 282 g/mol. The Morgan fingerprint density at radius 3 is 2.79 bits per heavy atom. The van der Waals surface area contributed by atoms with Crippen LogP contribution in [0.4, 0.5) is 4.39 Å². The number of aliphatic hydroxyl groups is 1. The number of hydrogen-bond acceptors (Lipinski definition) is 3. The molecule has 1 aromatic heterocycles. The van der Waals surface area contributed by atoms with E-state index in [1.807, 2.05) is 0 Å². The van der Waals surface area contributed by atoms with E-state index in [1.165, 1.54) is 12.3 Å². The van der Waals surface area contributed by atoms with Gasteiger partial charge in [0.25, 0.3) is 0 Å². The van der Waals surface area contributed by atoms with Gasteiger partial charge < -0.3 is 9.84 Å². The zero-order chi connectivity index (χ0) is 13.8. The first-order chi connectivity index (χ1) is 9.06. The third-order valence-electron chi connectivity index (χ3n) is 2.59. The summed E-state index contributed by atoms with van der Waals surface area (Å²) >= 11 is 6.05. The Hall–Kier alpha value is -1.65. The lowest BCUT2D eigenvalue weighted by atomic mass is 10.1. The maximum atomic E-state index is 12.9.